The van der Waals surface area contributed by atoms with Gasteiger partial charge in [-0.1, -0.05) is 24.3 Å². The summed E-state index contributed by atoms with van der Waals surface area (Å²) in [6.07, 6.45) is 0. The van der Waals surface area contributed by atoms with Crippen molar-refractivity contribution in [3.8, 4) is 11.8 Å². The van der Waals surface area contributed by atoms with Crippen molar-refractivity contribution in [3.05, 3.63) is 65.0 Å². The molecule has 4 heteroatoms. The standard InChI is InChI=1S/C17H17FN2O/c1-12(20-2)13-6-8-16(9-7-13)21-11-15-5-3-4-14(10-19)17(15)18/h3-9,12,20H,11H2,1-2H3. The number of ether oxygens (including phenoxy) is 1. The van der Waals surface area contributed by atoms with E-state index in [0.29, 0.717) is 11.3 Å². The van der Waals surface area contributed by atoms with Crippen LogP contribution in [0.25, 0.3) is 0 Å². The maximum atomic E-state index is 13.9. The van der Waals surface area contributed by atoms with Crippen LogP contribution in [0.1, 0.15) is 29.7 Å². The Balaban J connectivity index is 2.05. The van der Waals surface area contributed by atoms with Crippen molar-refractivity contribution in [2.75, 3.05) is 7.05 Å². The van der Waals surface area contributed by atoms with E-state index in [1.165, 1.54) is 6.07 Å². The summed E-state index contributed by atoms with van der Waals surface area (Å²) in [6, 6.07) is 14.5. The van der Waals surface area contributed by atoms with Crippen LogP contribution >= 0.6 is 0 Å². The second kappa shape index (κ2) is 6.87. The van der Waals surface area contributed by atoms with Gasteiger partial charge in [0.25, 0.3) is 0 Å². The van der Waals surface area contributed by atoms with Gasteiger partial charge in [0.15, 0.2) is 0 Å². The molecule has 1 unspecified atom stereocenters. The zero-order valence-corrected chi connectivity index (χ0v) is 12.1. The van der Waals surface area contributed by atoms with Gasteiger partial charge in [-0.2, -0.15) is 5.26 Å². The van der Waals surface area contributed by atoms with Gasteiger partial charge in [-0.15, -0.1) is 0 Å². The van der Waals surface area contributed by atoms with Gasteiger partial charge in [-0.3, -0.25) is 0 Å². The van der Waals surface area contributed by atoms with Crippen LogP contribution in [-0.2, 0) is 6.61 Å². The fourth-order valence-electron chi connectivity index (χ4n) is 1.96. The Kier molecular flexibility index (Phi) is 4.91. The fraction of sp³-hybridized carbons (Fsp3) is 0.235. The minimum Gasteiger partial charge on any atom is -0.489 e. The lowest BCUT2D eigenvalue weighted by Gasteiger charge is -2.12. The summed E-state index contributed by atoms with van der Waals surface area (Å²) in [6.45, 7) is 2.17. The molecule has 2 rings (SSSR count). The molecule has 0 saturated carbocycles. The number of nitrogens with one attached hydrogen (secondary N) is 1. The lowest BCUT2D eigenvalue weighted by molar-refractivity contribution is 0.299. The third kappa shape index (κ3) is 3.59. The van der Waals surface area contributed by atoms with Crippen LogP contribution in [0.5, 0.6) is 5.75 Å². The average Bonchev–Trinajstić information content (AvgIpc) is 2.53. The van der Waals surface area contributed by atoms with E-state index in [2.05, 4.69) is 12.2 Å². The van der Waals surface area contributed by atoms with Crippen molar-refractivity contribution < 1.29 is 9.13 Å². The summed E-state index contributed by atoms with van der Waals surface area (Å²) < 4.78 is 19.5. The lowest BCUT2D eigenvalue weighted by atomic mass is 10.1. The molecule has 0 bridgehead atoms. The van der Waals surface area contributed by atoms with E-state index in [1.54, 1.807) is 12.1 Å². The number of hydrogen-bond donors (Lipinski definition) is 1. The van der Waals surface area contributed by atoms with Gasteiger partial charge in [0, 0.05) is 11.6 Å². The second-order valence-electron chi connectivity index (χ2n) is 4.76. The molecule has 21 heavy (non-hydrogen) atoms. The van der Waals surface area contributed by atoms with Crippen LogP contribution in [0.4, 0.5) is 4.39 Å². The maximum absolute atomic E-state index is 13.9. The Morgan fingerprint density at radius 1 is 1.24 bits per heavy atom. The van der Waals surface area contributed by atoms with E-state index < -0.39 is 5.82 Å². The largest absolute Gasteiger partial charge is 0.489 e. The first-order valence-corrected chi connectivity index (χ1v) is 6.73. The molecular formula is C17H17FN2O. The summed E-state index contributed by atoms with van der Waals surface area (Å²) in [5.41, 5.74) is 1.57. The smallest absolute Gasteiger partial charge is 0.147 e. The predicted molar refractivity (Wildman–Crippen MR) is 79.4 cm³/mol. The molecule has 0 spiro atoms. The van der Waals surface area contributed by atoms with Gasteiger partial charge in [0.1, 0.15) is 24.2 Å². The third-order valence-corrected chi connectivity index (χ3v) is 3.41. The molecular weight excluding hydrogens is 267 g/mol. The molecule has 108 valence electrons. The fourth-order valence-corrected chi connectivity index (χ4v) is 1.96. The average molecular weight is 284 g/mol. The Hall–Kier alpha value is -2.38. The summed E-state index contributed by atoms with van der Waals surface area (Å²) in [7, 11) is 1.90. The number of rotatable bonds is 5. The van der Waals surface area contributed by atoms with E-state index in [4.69, 9.17) is 10.00 Å². The van der Waals surface area contributed by atoms with Crippen molar-refractivity contribution in [1.82, 2.24) is 5.32 Å². The molecule has 2 aromatic rings. The van der Waals surface area contributed by atoms with E-state index in [-0.39, 0.29) is 18.2 Å². The minimum absolute atomic E-state index is 0.0364. The second-order valence-corrected chi connectivity index (χ2v) is 4.76. The molecule has 0 fully saturated rings. The summed E-state index contributed by atoms with van der Waals surface area (Å²) >= 11 is 0. The van der Waals surface area contributed by atoms with Gasteiger partial charge < -0.3 is 10.1 Å². The number of hydrogen-bond acceptors (Lipinski definition) is 3. The zero-order valence-electron chi connectivity index (χ0n) is 12.1. The van der Waals surface area contributed by atoms with Crippen LogP contribution in [0.3, 0.4) is 0 Å². The molecule has 0 aliphatic carbocycles. The van der Waals surface area contributed by atoms with Gasteiger partial charge in [0.05, 0.1) is 5.56 Å². The Bertz CT molecular complexity index is 647. The van der Waals surface area contributed by atoms with Gasteiger partial charge >= 0.3 is 0 Å². The van der Waals surface area contributed by atoms with Crippen molar-refractivity contribution in [2.24, 2.45) is 0 Å². The van der Waals surface area contributed by atoms with Crippen LogP contribution in [0, 0.1) is 17.1 Å². The predicted octanol–water partition coefficient (Wildman–Crippen LogP) is 3.56. The number of halogens is 1. The van der Waals surface area contributed by atoms with E-state index in [0.717, 1.165) is 5.56 Å². The van der Waals surface area contributed by atoms with Crippen molar-refractivity contribution in [3.63, 3.8) is 0 Å². The number of nitriles is 1. The summed E-state index contributed by atoms with van der Waals surface area (Å²) in [4.78, 5) is 0. The zero-order chi connectivity index (χ0) is 15.2. The van der Waals surface area contributed by atoms with E-state index >= 15 is 0 Å². The first-order chi connectivity index (χ1) is 10.2. The van der Waals surface area contributed by atoms with Crippen LogP contribution in [-0.4, -0.2) is 7.05 Å². The number of benzene rings is 2. The van der Waals surface area contributed by atoms with Crippen molar-refractivity contribution in [2.45, 2.75) is 19.6 Å². The van der Waals surface area contributed by atoms with Crippen molar-refractivity contribution >= 4 is 0 Å². The first-order valence-electron chi connectivity index (χ1n) is 6.73. The van der Waals surface area contributed by atoms with Crippen molar-refractivity contribution in [1.29, 1.82) is 5.26 Å². The topological polar surface area (TPSA) is 45.0 Å². The molecule has 0 aromatic heterocycles. The molecule has 0 saturated heterocycles. The third-order valence-electron chi connectivity index (χ3n) is 3.41. The molecule has 0 heterocycles. The van der Waals surface area contributed by atoms with E-state index in [1.807, 2.05) is 37.4 Å². The SMILES string of the molecule is CNC(C)c1ccc(OCc2cccc(C#N)c2F)cc1. The molecule has 0 radical (unpaired) electrons. The highest BCUT2D eigenvalue weighted by molar-refractivity contribution is 5.35. The van der Waals surface area contributed by atoms with Crippen LogP contribution in [0.2, 0.25) is 0 Å². The minimum atomic E-state index is -0.513. The first kappa shape index (κ1) is 15.0. The molecule has 0 aliphatic rings. The molecule has 0 aliphatic heterocycles. The quantitative estimate of drug-likeness (QED) is 0.913. The normalized spacial score (nSPS) is 11.7. The summed E-state index contributed by atoms with van der Waals surface area (Å²) in [5, 5.41) is 12.0. The van der Waals surface area contributed by atoms with Gasteiger partial charge in [-0.05, 0) is 37.7 Å². The Labute approximate surface area is 124 Å². The van der Waals surface area contributed by atoms with Crippen LogP contribution < -0.4 is 10.1 Å². The number of nitrogens with zero attached hydrogens (tertiary/aromatic N) is 1. The molecule has 1 atom stereocenters. The lowest BCUT2D eigenvalue weighted by Crippen LogP contribution is -2.11. The highest BCUT2D eigenvalue weighted by Crippen LogP contribution is 2.19. The van der Waals surface area contributed by atoms with Gasteiger partial charge in [0.2, 0.25) is 0 Å². The maximum Gasteiger partial charge on any atom is 0.147 e. The molecule has 2 aromatic carbocycles. The Morgan fingerprint density at radius 2 is 1.95 bits per heavy atom. The molecule has 0 amide bonds. The van der Waals surface area contributed by atoms with Gasteiger partial charge in [-0.25, -0.2) is 4.39 Å². The molecule has 1 N–H and O–H groups in total. The molecule has 3 nitrogen and oxygen atoms in total. The highest BCUT2D eigenvalue weighted by atomic mass is 19.1. The Morgan fingerprint density at radius 3 is 2.57 bits per heavy atom. The van der Waals surface area contributed by atoms with Crippen LogP contribution in [0.15, 0.2) is 42.5 Å². The monoisotopic (exact) mass is 284 g/mol. The highest BCUT2D eigenvalue weighted by Gasteiger charge is 2.08. The summed E-state index contributed by atoms with van der Waals surface area (Å²) in [5.74, 6) is 0.157. The van der Waals surface area contributed by atoms with E-state index in [9.17, 15) is 4.39 Å².